The summed E-state index contributed by atoms with van der Waals surface area (Å²) in [6, 6.07) is 11.7. The molecule has 2 N–H and O–H groups in total. The van der Waals surface area contributed by atoms with E-state index in [0.717, 1.165) is 0 Å². The summed E-state index contributed by atoms with van der Waals surface area (Å²) in [5, 5.41) is 13.3. The highest BCUT2D eigenvalue weighted by Crippen LogP contribution is 2.31. The highest BCUT2D eigenvalue weighted by molar-refractivity contribution is 6.32. The van der Waals surface area contributed by atoms with Crippen LogP contribution in [-0.2, 0) is 9.59 Å². The second-order valence-electron chi connectivity index (χ2n) is 5.49. The number of carbonyl (C=O) groups is 2. The molecule has 1 atom stereocenters. The summed E-state index contributed by atoms with van der Waals surface area (Å²) in [7, 11) is 1.43. The lowest BCUT2D eigenvalue weighted by Crippen LogP contribution is -2.25. The number of methoxy groups -OCH3 is 1. The Balaban J connectivity index is 2.02. The number of halogens is 1. The summed E-state index contributed by atoms with van der Waals surface area (Å²) in [5.74, 6) is -0.704. The number of carboxylic acids is 1. The third-order valence-electron chi connectivity index (χ3n) is 3.46. The molecule has 0 heterocycles. The summed E-state index contributed by atoms with van der Waals surface area (Å²) in [5.41, 5.74) is 2.74. The van der Waals surface area contributed by atoms with Crippen molar-refractivity contribution in [3.05, 3.63) is 53.1 Å². The summed E-state index contributed by atoms with van der Waals surface area (Å²) in [6.45, 7) is 1.11. The van der Waals surface area contributed by atoms with Gasteiger partial charge in [-0.05, 0) is 31.2 Å². The summed E-state index contributed by atoms with van der Waals surface area (Å²) >= 11 is 5.95. The van der Waals surface area contributed by atoms with E-state index in [1.807, 2.05) is 0 Å². The lowest BCUT2D eigenvalue weighted by molar-refractivity contribution is -0.144. The lowest BCUT2D eigenvalue weighted by Gasteiger charge is -2.15. The number of hydrazone groups is 1. The fourth-order valence-corrected chi connectivity index (χ4v) is 2.25. The van der Waals surface area contributed by atoms with Crippen molar-refractivity contribution in [2.75, 3.05) is 13.7 Å². The van der Waals surface area contributed by atoms with Crippen LogP contribution in [-0.4, -0.2) is 43.0 Å². The molecular formula is C19H19ClN2O6. The zero-order chi connectivity index (χ0) is 20.5. The van der Waals surface area contributed by atoms with E-state index in [-0.39, 0.29) is 12.4 Å². The normalized spacial score (nSPS) is 11.7. The highest BCUT2D eigenvalue weighted by atomic mass is 35.5. The Morgan fingerprint density at radius 3 is 2.61 bits per heavy atom. The van der Waals surface area contributed by atoms with Crippen molar-refractivity contribution in [2.45, 2.75) is 13.0 Å². The van der Waals surface area contributed by atoms with Gasteiger partial charge in [-0.25, -0.2) is 10.2 Å². The minimum atomic E-state index is -1.13. The zero-order valence-corrected chi connectivity index (χ0v) is 16.0. The number of carboxylic acid groups (broad SMARTS) is 1. The fraction of sp³-hybridized carbons (Fsp3) is 0.211. The van der Waals surface area contributed by atoms with Crippen molar-refractivity contribution in [1.82, 2.24) is 5.43 Å². The van der Waals surface area contributed by atoms with Crippen LogP contribution in [0.3, 0.4) is 0 Å². The number of ether oxygens (including phenoxy) is 3. The van der Waals surface area contributed by atoms with Crippen molar-refractivity contribution in [3.8, 4) is 17.2 Å². The third kappa shape index (κ3) is 5.88. The maximum atomic E-state index is 11.9. The van der Waals surface area contributed by atoms with Crippen LogP contribution in [0.5, 0.6) is 17.2 Å². The van der Waals surface area contributed by atoms with Crippen LogP contribution >= 0.6 is 11.6 Å². The molecule has 0 saturated carbocycles. The van der Waals surface area contributed by atoms with E-state index < -0.39 is 18.0 Å². The maximum absolute atomic E-state index is 11.9. The largest absolute Gasteiger partial charge is 0.493 e. The van der Waals surface area contributed by atoms with E-state index in [1.165, 1.54) is 20.2 Å². The van der Waals surface area contributed by atoms with Crippen LogP contribution in [0.4, 0.5) is 0 Å². The molecule has 8 nitrogen and oxygen atoms in total. The molecular weight excluding hydrogens is 388 g/mol. The first-order valence-electron chi connectivity index (χ1n) is 8.18. The summed E-state index contributed by atoms with van der Waals surface area (Å²) in [6.07, 6.45) is 0.224. The number of aliphatic carboxylic acids is 1. The Labute approximate surface area is 166 Å². The maximum Gasteiger partial charge on any atom is 0.344 e. The van der Waals surface area contributed by atoms with E-state index in [1.54, 1.807) is 42.5 Å². The monoisotopic (exact) mass is 406 g/mol. The van der Waals surface area contributed by atoms with Gasteiger partial charge < -0.3 is 19.3 Å². The van der Waals surface area contributed by atoms with Gasteiger partial charge in [0.25, 0.3) is 5.91 Å². The van der Waals surface area contributed by atoms with Crippen LogP contribution in [0.1, 0.15) is 12.5 Å². The molecule has 0 saturated heterocycles. The molecule has 0 aliphatic heterocycles. The van der Waals surface area contributed by atoms with E-state index in [4.69, 9.17) is 30.9 Å². The minimum Gasteiger partial charge on any atom is -0.493 e. The molecule has 0 bridgehead atoms. The second kappa shape index (κ2) is 10.2. The number of amides is 1. The van der Waals surface area contributed by atoms with Crippen molar-refractivity contribution in [2.24, 2.45) is 5.10 Å². The number of benzene rings is 2. The SMILES string of the molecule is COc1cccc(/C=N/NC(=O)COc2ccccc2Cl)c1O[C@@H](C)C(=O)O. The minimum absolute atomic E-state index is 0.199. The number of carbonyl (C=O) groups excluding carboxylic acids is 1. The van der Waals surface area contributed by atoms with Crippen molar-refractivity contribution in [1.29, 1.82) is 0 Å². The van der Waals surface area contributed by atoms with Gasteiger partial charge in [0, 0.05) is 5.56 Å². The van der Waals surface area contributed by atoms with Crippen molar-refractivity contribution >= 4 is 29.7 Å². The first-order chi connectivity index (χ1) is 13.4. The molecule has 1 amide bonds. The molecule has 28 heavy (non-hydrogen) atoms. The Morgan fingerprint density at radius 2 is 1.93 bits per heavy atom. The number of rotatable bonds is 9. The molecule has 0 aromatic heterocycles. The van der Waals surface area contributed by atoms with Crippen LogP contribution < -0.4 is 19.6 Å². The fourth-order valence-electron chi connectivity index (χ4n) is 2.06. The number of nitrogens with zero attached hydrogens (tertiary/aromatic N) is 1. The first kappa shape index (κ1) is 21.0. The third-order valence-corrected chi connectivity index (χ3v) is 3.77. The average molecular weight is 407 g/mol. The Hall–Kier alpha value is -3.26. The highest BCUT2D eigenvalue weighted by Gasteiger charge is 2.18. The predicted molar refractivity (Wildman–Crippen MR) is 103 cm³/mol. The van der Waals surface area contributed by atoms with Gasteiger partial charge >= 0.3 is 5.97 Å². The van der Waals surface area contributed by atoms with Gasteiger partial charge in [-0.2, -0.15) is 5.10 Å². The standard InChI is InChI=1S/C19H19ClN2O6/c1-12(19(24)25)28-18-13(6-5-9-16(18)26-2)10-21-22-17(23)11-27-15-8-4-3-7-14(15)20/h3-10,12H,11H2,1-2H3,(H,22,23)(H,24,25)/b21-10+/t12-/m0/s1. The zero-order valence-electron chi connectivity index (χ0n) is 15.2. The van der Waals surface area contributed by atoms with Crippen LogP contribution in [0, 0.1) is 0 Å². The molecule has 0 fully saturated rings. The molecule has 9 heteroatoms. The van der Waals surface area contributed by atoms with Gasteiger partial charge in [0.2, 0.25) is 0 Å². The van der Waals surface area contributed by atoms with Crippen LogP contribution in [0.15, 0.2) is 47.6 Å². The molecule has 0 unspecified atom stereocenters. The number of hydrogen-bond acceptors (Lipinski definition) is 6. The molecule has 2 aromatic rings. The van der Waals surface area contributed by atoms with E-state index in [0.29, 0.717) is 22.1 Å². The van der Waals surface area contributed by atoms with Crippen LogP contribution in [0.2, 0.25) is 5.02 Å². The molecule has 0 spiro atoms. The van der Waals surface area contributed by atoms with E-state index in [2.05, 4.69) is 10.5 Å². The Kier molecular flexibility index (Phi) is 7.65. The summed E-state index contributed by atoms with van der Waals surface area (Å²) < 4.78 is 15.9. The number of para-hydroxylation sites is 2. The average Bonchev–Trinajstić information content (AvgIpc) is 2.68. The molecule has 148 valence electrons. The van der Waals surface area contributed by atoms with Crippen molar-refractivity contribution in [3.63, 3.8) is 0 Å². The Bertz CT molecular complexity index is 871. The number of nitrogens with one attached hydrogen (secondary N) is 1. The molecule has 2 rings (SSSR count). The van der Waals surface area contributed by atoms with Crippen LogP contribution in [0.25, 0.3) is 0 Å². The Morgan fingerprint density at radius 1 is 1.21 bits per heavy atom. The molecule has 2 aromatic carbocycles. The van der Waals surface area contributed by atoms with Gasteiger partial charge in [0.05, 0.1) is 18.3 Å². The lowest BCUT2D eigenvalue weighted by atomic mass is 10.2. The van der Waals surface area contributed by atoms with Gasteiger partial charge in [-0.15, -0.1) is 0 Å². The quantitative estimate of drug-likeness (QED) is 0.490. The van der Waals surface area contributed by atoms with Gasteiger partial charge in [-0.1, -0.05) is 29.8 Å². The summed E-state index contributed by atoms with van der Waals surface area (Å²) in [4.78, 5) is 22.9. The van der Waals surface area contributed by atoms with Gasteiger partial charge in [-0.3, -0.25) is 4.79 Å². The first-order valence-corrected chi connectivity index (χ1v) is 8.56. The number of hydrogen-bond donors (Lipinski definition) is 2. The molecule has 0 aliphatic rings. The molecule has 0 radical (unpaired) electrons. The van der Waals surface area contributed by atoms with Gasteiger partial charge in [0.1, 0.15) is 5.75 Å². The predicted octanol–water partition coefficient (Wildman–Crippen LogP) is 2.73. The van der Waals surface area contributed by atoms with E-state index in [9.17, 15) is 9.59 Å². The smallest absolute Gasteiger partial charge is 0.344 e. The van der Waals surface area contributed by atoms with E-state index >= 15 is 0 Å². The topological polar surface area (TPSA) is 106 Å². The molecule has 0 aliphatic carbocycles. The van der Waals surface area contributed by atoms with Gasteiger partial charge in [0.15, 0.2) is 24.2 Å². The van der Waals surface area contributed by atoms with Crippen molar-refractivity contribution < 1.29 is 28.9 Å². The second-order valence-corrected chi connectivity index (χ2v) is 5.90.